The topological polar surface area (TPSA) is 66.4 Å². The van der Waals surface area contributed by atoms with Crippen LogP contribution < -0.4 is 5.32 Å². The Morgan fingerprint density at radius 2 is 1.88 bits per heavy atom. The molecule has 1 aromatic rings. The molecule has 1 saturated carbocycles. The predicted molar refractivity (Wildman–Crippen MR) is 100 cm³/mol. The quantitative estimate of drug-likeness (QED) is 0.748. The van der Waals surface area contributed by atoms with Crippen molar-refractivity contribution >= 4 is 17.4 Å². The van der Waals surface area contributed by atoms with Crippen LogP contribution in [0, 0.1) is 24.7 Å². The molecule has 1 fully saturated rings. The monoisotopic (exact) mass is 343 g/mol. The molecule has 136 valence electrons. The maximum atomic E-state index is 12.4. The van der Waals surface area contributed by atoms with Gasteiger partial charge in [-0.15, -0.1) is 0 Å². The Bertz CT molecular complexity index is 659. The molecule has 4 heteroatoms. The first-order chi connectivity index (χ1) is 11.8. The van der Waals surface area contributed by atoms with E-state index in [-0.39, 0.29) is 11.8 Å². The number of hydrogen-bond acceptors (Lipinski definition) is 2. The van der Waals surface area contributed by atoms with E-state index >= 15 is 0 Å². The van der Waals surface area contributed by atoms with Crippen LogP contribution in [0.2, 0.25) is 0 Å². The summed E-state index contributed by atoms with van der Waals surface area (Å²) < 4.78 is 0. The minimum Gasteiger partial charge on any atom is -0.480 e. The highest BCUT2D eigenvalue weighted by Gasteiger charge is 2.34. The molecule has 1 aliphatic rings. The zero-order valence-corrected chi connectivity index (χ0v) is 15.6. The fourth-order valence-corrected chi connectivity index (χ4v) is 3.14. The van der Waals surface area contributed by atoms with Gasteiger partial charge in [-0.25, -0.2) is 4.79 Å². The Balaban J connectivity index is 2.20. The molecule has 0 saturated heterocycles. The summed E-state index contributed by atoms with van der Waals surface area (Å²) in [5.74, 6) is -0.539. The number of allylic oxidation sites excluding steroid dienone is 1. The van der Waals surface area contributed by atoms with E-state index in [4.69, 9.17) is 0 Å². The number of nitrogens with one attached hydrogen (secondary N) is 1. The number of carboxylic acid groups (broad SMARTS) is 1. The fraction of sp³-hybridized carbons (Fsp3) is 0.524. The van der Waals surface area contributed by atoms with Crippen LogP contribution >= 0.6 is 0 Å². The second-order valence-electron chi connectivity index (χ2n) is 7.48. The van der Waals surface area contributed by atoms with Crippen LogP contribution in [0.3, 0.4) is 0 Å². The fourth-order valence-electron chi connectivity index (χ4n) is 3.14. The van der Waals surface area contributed by atoms with Gasteiger partial charge in [0, 0.05) is 12.3 Å². The van der Waals surface area contributed by atoms with Crippen molar-refractivity contribution in [2.75, 3.05) is 0 Å². The molecule has 0 spiro atoms. The lowest BCUT2D eigenvalue weighted by molar-refractivity contribution is -0.142. The van der Waals surface area contributed by atoms with Crippen molar-refractivity contribution in [3.63, 3.8) is 0 Å². The summed E-state index contributed by atoms with van der Waals surface area (Å²) in [5.41, 5.74) is 3.13. The van der Waals surface area contributed by atoms with Crippen LogP contribution in [0.5, 0.6) is 0 Å². The molecule has 2 rings (SSSR count). The van der Waals surface area contributed by atoms with Crippen LogP contribution in [0.25, 0.3) is 5.57 Å². The van der Waals surface area contributed by atoms with Crippen molar-refractivity contribution in [1.82, 2.24) is 5.32 Å². The van der Waals surface area contributed by atoms with Crippen molar-refractivity contribution in [2.24, 2.45) is 17.8 Å². The number of carbonyl (C=O) groups excluding carboxylic acids is 1. The number of benzene rings is 1. The molecular weight excluding hydrogens is 314 g/mol. The van der Waals surface area contributed by atoms with Gasteiger partial charge in [0.05, 0.1) is 0 Å². The van der Waals surface area contributed by atoms with Gasteiger partial charge in [0.1, 0.15) is 6.04 Å². The molecular formula is C21H29NO3. The van der Waals surface area contributed by atoms with Gasteiger partial charge < -0.3 is 10.4 Å². The minimum atomic E-state index is -0.986. The van der Waals surface area contributed by atoms with E-state index in [1.807, 2.05) is 38.1 Å². The number of carboxylic acids is 1. The van der Waals surface area contributed by atoms with Crippen molar-refractivity contribution in [3.8, 4) is 0 Å². The predicted octanol–water partition coefficient (Wildman–Crippen LogP) is 4.04. The average molecular weight is 343 g/mol. The van der Waals surface area contributed by atoms with Crippen molar-refractivity contribution in [3.05, 3.63) is 41.5 Å². The molecule has 2 atom stereocenters. The van der Waals surface area contributed by atoms with E-state index in [1.54, 1.807) is 0 Å². The Morgan fingerprint density at radius 3 is 2.40 bits per heavy atom. The lowest BCUT2D eigenvalue weighted by Crippen LogP contribution is -2.43. The molecule has 25 heavy (non-hydrogen) atoms. The zero-order valence-electron chi connectivity index (χ0n) is 15.6. The van der Waals surface area contributed by atoms with E-state index in [2.05, 4.69) is 25.2 Å². The third kappa shape index (κ3) is 5.45. The summed E-state index contributed by atoms with van der Waals surface area (Å²) in [6.45, 7) is 8.05. The maximum absolute atomic E-state index is 12.4. The SMILES string of the molecule is Cc1ccccc1/C(=C\C(C)C)CC(NC(=O)C(C)C1CC1)C(=O)O. The van der Waals surface area contributed by atoms with Gasteiger partial charge in [-0.1, -0.05) is 51.1 Å². The highest BCUT2D eigenvalue weighted by Crippen LogP contribution is 2.36. The van der Waals surface area contributed by atoms with Gasteiger partial charge in [0.15, 0.2) is 0 Å². The van der Waals surface area contributed by atoms with E-state index in [9.17, 15) is 14.7 Å². The molecule has 2 N–H and O–H groups in total. The first kappa shape index (κ1) is 19.2. The molecule has 0 heterocycles. The number of hydrogen-bond donors (Lipinski definition) is 2. The van der Waals surface area contributed by atoms with Gasteiger partial charge in [0.25, 0.3) is 0 Å². The summed E-state index contributed by atoms with van der Waals surface area (Å²) in [6, 6.07) is 7.06. The molecule has 0 aromatic heterocycles. The second kappa shape index (κ2) is 8.32. The Hall–Kier alpha value is -2.10. The normalized spacial score (nSPS) is 17.2. The van der Waals surface area contributed by atoms with Crippen LogP contribution in [-0.4, -0.2) is 23.0 Å². The Morgan fingerprint density at radius 1 is 1.24 bits per heavy atom. The van der Waals surface area contributed by atoms with E-state index < -0.39 is 12.0 Å². The van der Waals surface area contributed by atoms with Gasteiger partial charge in [-0.3, -0.25) is 4.79 Å². The lowest BCUT2D eigenvalue weighted by Gasteiger charge is -2.20. The average Bonchev–Trinajstić information content (AvgIpc) is 3.37. The molecule has 0 radical (unpaired) electrons. The number of aliphatic carboxylic acids is 1. The highest BCUT2D eigenvalue weighted by molar-refractivity contribution is 5.87. The summed E-state index contributed by atoms with van der Waals surface area (Å²) in [4.78, 5) is 24.1. The van der Waals surface area contributed by atoms with Crippen LogP contribution in [0.1, 0.15) is 51.2 Å². The first-order valence-electron chi connectivity index (χ1n) is 9.09. The van der Waals surface area contributed by atoms with E-state index in [0.717, 1.165) is 29.5 Å². The van der Waals surface area contributed by atoms with E-state index in [0.29, 0.717) is 18.3 Å². The van der Waals surface area contributed by atoms with Crippen molar-refractivity contribution in [1.29, 1.82) is 0 Å². The Kier molecular flexibility index (Phi) is 6.40. The molecule has 1 aliphatic carbocycles. The van der Waals surface area contributed by atoms with Gasteiger partial charge >= 0.3 is 5.97 Å². The molecule has 1 amide bonds. The van der Waals surface area contributed by atoms with Crippen LogP contribution in [0.15, 0.2) is 30.3 Å². The standard InChI is InChI=1S/C21H29NO3/c1-13(2)11-17(18-8-6-5-7-14(18)3)12-19(21(24)25)22-20(23)15(4)16-9-10-16/h5-8,11,13,15-16,19H,9-10,12H2,1-4H3,(H,22,23)(H,24,25)/b17-11-. The smallest absolute Gasteiger partial charge is 0.326 e. The Labute approximate surface area is 150 Å². The zero-order chi connectivity index (χ0) is 18.6. The van der Waals surface area contributed by atoms with Gasteiger partial charge in [0.2, 0.25) is 5.91 Å². The van der Waals surface area contributed by atoms with Gasteiger partial charge in [-0.05, 0) is 48.3 Å². The van der Waals surface area contributed by atoms with E-state index in [1.165, 1.54) is 0 Å². The summed E-state index contributed by atoms with van der Waals surface area (Å²) >= 11 is 0. The molecule has 0 bridgehead atoms. The highest BCUT2D eigenvalue weighted by atomic mass is 16.4. The first-order valence-corrected chi connectivity index (χ1v) is 9.09. The maximum Gasteiger partial charge on any atom is 0.326 e. The van der Waals surface area contributed by atoms with Crippen LogP contribution in [-0.2, 0) is 9.59 Å². The largest absolute Gasteiger partial charge is 0.480 e. The number of amides is 1. The summed E-state index contributed by atoms with van der Waals surface area (Å²) in [5, 5.41) is 12.4. The number of aryl methyl sites for hydroxylation is 1. The third-order valence-corrected chi connectivity index (χ3v) is 4.81. The third-order valence-electron chi connectivity index (χ3n) is 4.81. The molecule has 0 aliphatic heterocycles. The van der Waals surface area contributed by atoms with Crippen molar-refractivity contribution < 1.29 is 14.7 Å². The molecule has 2 unspecified atom stereocenters. The molecule has 4 nitrogen and oxygen atoms in total. The van der Waals surface area contributed by atoms with Crippen LogP contribution in [0.4, 0.5) is 0 Å². The summed E-state index contributed by atoms with van der Waals surface area (Å²) in [7, 11) is 0. The number of carbonyl (C=O) groups is 2. The lowest BCUT2D eigenvalue weighted by atomic mass is 9.92. The van der Waals surface area contributed by atoms with Crippen molar-refractivity contribution in [2.45, 2.75) is 53.0 Å². The summed E-state index contributed by atoms with van der Waals surface area (Å²) in [6.07, 6.45) is 4.51. The number of rotatable bonds is 8. The second-order valence-corrected chi connectivity index (χ2v) is 7.48. The van der Waals surface area contributed by atoms with Gasteiger partial charge in [-0.2, -0.15) is 0 Å². The molecule has 1 aromatic carbocycles. The minimum absolute atomic E-state index is 0.113.